The molecule has 122 valence electrons. The first kappa shape index (κ1) is 15.5. The van der Waals surface area contributed by atoms with Gasteiger partial charge in [-0.15, -0.1) is 0 Å². The molecule has 1 fully saturated rings. The third-order valence-electron chi connectivity index (χ3n) is 4.22. The number of nitrogens with one attached hydrogen (secondary N) is 2. The van der Waals surface area contributed by atoms with Crippen molar-refractivity contribution in [3.8, 4) is 0 Å². The minimum absolute atomic E-state index is 0.0204. The van der Waals surface area contributed by atoms with E-state index in [1.54, 1.807) is 29.4 Å². The second-order valence-electron chi connectivity index (χ2n) is 5.75. The molecule has 1 atom stereocenters. The summed E-state index contributed by atoms with van der Waals surface area (Å²) in [5.74, 6) is -1.18. The summed E-state index contributed by atoms with van der Waals surface area (Å²) >= 11 is 0. The van der Waals surface area contributed by atoms with E-state index in [-0.39, 0.29) is 12.6 Å². The van der Waals surface area contributed by atoms with Crippen molar-refractivity contribution in [1.82, 2.24) is 14.9 Å². The minimum atomic E-state index is -0.645. The predicted molar refractivity (Wildman–Crippen MR) is 85.8 cm³/mol. The number of aliphatic hydroxyl groups is 1. The molecule has 1 aromatic heterocycles. The molecule has 1 aliphatic heterocycles. The molecule has 7 heteroatoms. The van der Waals surface area contributed by atoms with E-state index in [2.05, 4.69) is 15.3 Å². The molecule has 23 heavy (non-hydrogen) atoms. The molecule has 0 bridgehead atoms. The molecule has 0 saturated carbocycles. The number of H-pyrrole nitrogens is 1. The van der Waals surface area contributed by atoms with Crippen LogP contribution >= 0.6 is 0 Å². The number of hydrogen-bond acceptors (Lipinski definition) is 4. The number of aromatic amines is 1. The zero-order valence-electron chi connectivity index (χ0n) is 12.8. The molecule has 0 spiro atoms. The largest absolute Gasteiger partial charge is 0.396 e. The van der Waals surface area contributed by atoms with Crippen LogP contribution < -0.4 is 5.32 Å². The molecule has 0 radical (unpaired) electrons. The Bertz CT molecular complexity index is 710. The number of piperidine rings is 1. The van der Waals surface area contributed by atoms with E-state index in [0.717, 1.165) is 30.3 Å². The number of fused-ring (bicyclic) bond motifs is 1. The summed E-state index contributed by atoms with van der Waals surface area (Å²) in [6, 6.07) is 5.19. The lowest BCUT2D eigenvalue weighted by atomic mass is 9.99. The average Bonchev–Trinajstić information content (AvgIpc) is 3.02. The number of imidazole rings is 1. The Labute approximate surface area is 133 Å². The Kier molecular flexibility index (Phi) is 4.57. The van der Waals surface area contributed by atoms with Crippen molar-refractivity contribution in [3.63, 3.8) is 0 Å². The number of likely N-dealkylation sites (tertiary alicyclic amines) is 1. The molecular weight excluding hydrogens is 296 g/mol. The van der Waals surface area contributed by atoms with Crippen LogP contribution in [0.15, 0.2) is 24.5 Å². The molecule has 3 N–H and O–H groups in total. The lowest BCUT2D eigenvalue weighted by Crippen LogP contribution is -2.48. The van der Waals surface area contributed by atoms with Crippen molar-refractivity contribution < 1.29 is 14.7 Å². The second-order valence-corrected chi connectivity index (χ2v) is 5.75. The van der Waals surface area contributed by atoms with E-state index in [1.807, 2.05) is 0 Å². The van der Waals surface area contributed by atoms with Gasteiger partial charge in [0.1, 0.15) is 0 Å². The van der Waals surface area contributed by atoms with Gasteiger partial charge >= 0.3 is 11.8 Å². The Hall–Kier alpha value is -2.41. The van der Waals surface area contributed by atoms with Crippen molar-refractivity contribution in [2.75, 3.05) is 18.5 Å². The predicted octanol–water partition coefficient (Wildman–Crippen LogP) is 1.26. The highest BCUT2D eigenvalue weighted by atomic mass is 16.3. The molecule has 1 aliphatic rings. The quantitative estimate of drug-likeness (QED) is 0.743. The highest BCUT2D eigenvalue weighted by Gasteiger charge is 2.30. The summed E-state index contributed by atoms with van der Waals surface area (Å²) in [4.78, 5) is 33.3. The van der Waals surface area contributed by atoms with Crippen LogP contribution in [0.4, 0.5) is 5.69 Å². The molecule has 3 rings (SSSR count). The van der Waals surface area contributed by atoms with Gasteiger partial charge in [0.15, 0.2) is 0 Å². The number of hydrogen-bond donors (Lipinski definition) is 3. The number of anilines is 1. The lowest BCUT2D eigenvalue weighted by Gasteiger charge is -2.35. The van der Waals surface area contributed by atoms with Crippen LogP contribution in [0.5, 0.6) is 0 Å². The van der Waals surface area contributed by atoms with Crippen molar-refractivity contribution in [2.24, 2.45) is 0 Å². The first-order chi connectivity index (χ1) is 11.2. The van der Waals surface area contributed by atoms with E-state index in [1.165, 1.54) is 0 Å². The molecule has 2 heterocycles. The van der Waals surface area contributed by atoms with Gasteiger partial charge in [-0.3, -0.25) is 9.59 Å². The van der Waals surface area contributed by atoms with Crippen LogP contribution in [0.1, 0.15) is 25.7 Å². The topological polar surface area (TPSA) is 98.3 Å². The number of aromatic nitrogens is 2. The number of amides is 2. The maximum Gasteiger partial charge on any atom is 0.313 e. The monoisotopic (exact) mass is 316 g/mol. The van der Waals surface area contributed by atoms with E-state index >= 15 is 0 Å². The minimum Gasteiger partial charge on any atom is -0.396 e. The fourth-order valence-corrected chi connectivity index (χ4v) is 3.05. The van der Waals surface area contributed by atoms with Crippen LogP contribution in [-0.2, 0) is 9.59 Å². The number of carbonyl (C=O) groups excluding carboxylic acids is 2. The zero-order valence-corrected chi connectivity index (χ0v) is 12.8. The van der Waals surface area contributed by atoms with E-state index in [4.69, 9.17) is 5.11 Å². The zero-order chi connectivity index (χ0) is 16.2. The lowest BCUT2D eigenvalue weighted by molar-refractivity contribution is -0.146. The van der Waals surface area contributed by atoms with E-state index < -0.39 is 11.8 Å². The maximum absolute atomic E-state index is 12.4. The van der Waals surface area contributed by atoms with Crippen molar-refractivity contribution >= 4 is 28.5 Å². The smallest absolute Gasteiger partial charge is 0.313 e. The summed E-state index contributed by atoms with van der Waals surface area (Å²) in [6.07, 6.45) is 4.83. The standard InChI is InChI=1S/C16H20N4O3/c21-8-6-12-3-1-2-7-20(12)16(23)15(22)19-11-4-5-13-14(9-11)18-10-17-13/h4-5,9-10,12,21H,1-3,6-8H2,(H,17,18)(H,19,22). The normalized spacial score (nSPS) is 18.1. The van der Waals surface area contributed by atoms with Gasteiger partial charge in [0.25, 0.3) is 0 Å². The Morgan fingerprint density at radius 1 is 1.39 bits per heavy atom. The van der Waals surface area contributed by atoms with Gasteiger partial charge in [0.05, 0.1) is 17.4 Å². The number of rotatable bonds is 3. The van der Waals surface area contributed by atoms with Crippen LogP contribution in [0.3, 0.4) is 0 Å². The van der Waals surface area contributed by atoms with Gasteiger partial charge in [-0.2, -0.15) is 0 Å². The summed E-state index contributed by atoms with van der Waals surface area (Å²) in [6.45, 7) is 0.586. The third-order valence-corrected chi connectivity index (χ3v) is 4.22. The highest BCUT2D eigenvalue weighted by molar-refractivity contribution is 6.39. The van der Waals surface area contributed by atoms with Gasteiger partial charge in [-0.05, 0) is 43.9 Å². The maximum atomic E-state index is 12.4. The number of benzene rings is 1. The van der Waals surface area contributed by atoms with Crippen LogP contribution in [0.2, 0.25) is 0 Å². The second kappa shape index (κ2) is 6.78. The first-order valence-corrected chi connectivity index (χ1v) is 7.85. The van der Waals surface area contributed by atoms with Gasteiger partial charge < -0.3 is 20.3 Å². The summed E-state index contributed by atoms with van der Waals surface area (Å²) in [5.41, 5.74) is 2.15. The SMILES string of the molecule is O=C(Nc1ccc2nc[nH]c2c1)C(=O)N1CCCCC1CCO. The van der Waals surface area contributed by atoms with Crippen LogP contribution in [0.25, 0.3) is 11.0 Å². The number of aliphatic hydroxyl groups excluding tert-OH is 1. The molecule has 1 unspecified atom stereocenters. The summed E-state index contributed by atoms with van der Waals surface area (Å²) in [5, 5.41) is 11.8. The molecule has 2 aromatic rings. The van der Waals surface area contributed by atoms with Crippen molar-refractivity contribution in [3.05, 3.63) is 24.5 Å². The Morgan fingerprint density at radius 2 is 2.26 bits per heavy atom. The van der Waals surface area contributed by atoms with Gasteiger partial charge in [0.2, 0.25) is 0 Å². The van der Waals surface area contributed by atoms with E-state index in [9.17, 15) is 9.59 Å². The molecule has 7 nitrogen and oxygen atoms in total. The Morgan fingerprint density at radius 3 is 3.09 bits per heavy atom. The Balaban J connectivity index is 1.69. The van der Waals surface area contributed by atoms with Gasteiger partial charge in [0, 0.05) is 24.9 Å². The first-order valence-electron chi connectivity index (χ1n) is 7.85. The average molecular weight is 316 g/mol. The molecule has 2 amide bonds. The number of nitrogens with zero attached hydrogens (tertiary/aromatic N) is 2. The van der Waals surface area contributed by atoms with Crippen LogP contribution in [0, 0.1) is 0 Å². The summed E-state index contributed by atoms with van der Waals surface area (Å²) < 4.78 is 0. The van der Waals surface area contributed by atoms with Gasteiger partial charge in [-0.25, -0.2) is 4.98 Å². The molecule has 0 aliphatic carbocycles. The van der Waals surface area contributed by atoms with Gasteiger partial charge in [-0.1, -0.05) is 0 Å². The van der Waals surface area contributed by atoms with Crippen molar-refractivity contribution in [1.29, 1.82) is 0 Å². The third kappa shape index (κ3) is 3.34. The fourth-order valence-electron chi connectivity index (χ4n) is 3.05. The summed E-state index contributed by atoms with van der Waals surface area (Å²) in [7, 11) is 0. The number of carbonyl (C=O) groups is 2. The van der Waals surface area contributed by atoms with Crippen molar-refractivity contribution in [2.45, 2.75) is 31.7 Å². The molecule has 1 saturated heterocycles. The molecular formula is C16H20N4O3. The van der Waals surface area contributed by atoms with E-state index in [0.29, 0.717) is 18.7 Å². The molecule has 1 aromatic carbocycles. The van der Waals surface area contributed by atoms with Crippen LogP contribution in [-0.4, -0.2) is 51.0 Å². The fraction of sp³-hybridized carbons (Fsp3) is 0.438. The highest BCUT2D eigenvalue weighted by Crippen LogP contribution is 2.20.